The molecule has 4 rings (SSSR count). The highest BCUT2D eigenvalue weighted by Crippen LogP contribution is 2.49. The smallest absolute Gasteiger partial charge is 0.317 e. The Bertz CT molecular complexity index is 923. The van der Waals surface area contributed by atoms with Crippen molar-refractivity contribution in [3.8, 4) is 11.5 Å². The summed E-state index contributed by atoms with van der Waals surface area (Å²) in [6, 6.07) is 12.5. The third kappa shape index (κ3) is 4.17. The van der Waals surface area contributed by atoms with Crippen LogP contribution >= 0.6 is 11.6 Å². The molecule has 1 aliphatic carbocycles. The number of rotatable bonds is 6. The maximum Gasteiger partial charge on any atom is 0.317 e. The highest BCUT2D eigenvalue weighted by Gasteiger charge is 2.52. The predicted molar refractivity (Wildman–Crippen MR) is 107 cm³/mol. The van der Waals surface area contributed by atoms with Gasteiger partial charge in [0, 0.05) is 5.02 Å². The van der Waals surface area contributed by atoms with Gasteiger partial charge in [-0.25, -0.2) is 0 Å². The van der Waals surface area contributed by atoms with Crippen LogP contribution in [0.3, 0.4) is 0 Å². The molecule has 1 saturated carbocycles. The van der Waals surface area contributed by atoms with Gasteiger partial charge >= 0.3 is 5.97 Å². The van der Waals surface area contributed by atoms with E-state index in [1.54, 1.807) is 12.1 Å². The van der Waals surface area contributed by atoms with Crippen molar-refractivity contribution in [2.75, 3.05) is 19.8 Å². The largest absolute Gasteiger partial charge is 0.486 e. The molecule has 1 amide bonds. The summed E-state index contributed by atoms with van der Waals surface area (Å²) < 4.78 is 16.4. The van der Waals surface area contributed by atoms with Crippen LogP contribution < -0.4 is 14.8 Å². The molecule has 2 aromatic rings. The van der Waals surface area contributed by atoms with Gasteiger partial charge in [-0.3, -0.25) is 9.59 Å². The van der Waals surface area contributed by atoms with Crippen molar-refractivity contribution in [3.63, 3.8) is 0 Å². The van der Waals surface area contributed by atoms with E-state index >= 15 is 0 Å². The number of carbonyl (C=O) groups is 2. The Kier molecular flexibility index (Phi) is 5.37. The number of carbonyl (C=O) groups excluding carboxylic acids is 2. The van der Waals surface area contributed by atoms with Crippen molar-refractivity contribution in [1.29, 1.82) is 0 Å². The average Bonchev–Trinajstić information content (AvgIpc) is 3.54. The average molecular weight is 416 g/mol. The molecule has 1 heterocycles. The first-order valence-electron chi connectivity index (χ1n) is 9.60. The van der Waals surface area contributed by atoms with Crippen LogP contribution in [-0.2, 0) is 19.7 Å². The first kappa shape index (κ1) is 19.6. The van der Waals surface area contributed by atoms with Gasteiger partial charge in [0.2, 0.25) is 0 Å². The van der Waals surface area contributed by atoms with Crippen molar-refractivity contribution in [1.82, 2.24) is 5.32 Å². The fourth-order valence-electron chi connectivity index (χ4n) is 3.47. The summed E-state index contributed by atoms with van der Waals surface area (Å²) in [5.74, 6) is 0.638. The van der Waals surface area contributed by atoms with Crippen molar-refractivity contribution < 1.29 is 23.8 Å². The van der Waals surface area contributed by atoms with Gasteiger partial charge < -0.3 is 19.5 Å². The van der Waals surface area contributed by atoms with Gasteiger partial charge in [0.05, 0.1) is 11.5 Å². The Balaban J connectivity index is 1.32. The van der Waals surface area contributed by atoms with Crippen LogP contribution in [0.4, 0.5) is 0 Å². The Morgan fingerprint density at radius 3 is 2.48 bits per heavy atom. The summed E-state index contributed by atoms with van der Waals surface area (Å²) in [5, 5.41) is 3.46. The van der Waals surface area contributed by atoms with Crippen LogP contribution in [0.25, 0.3) is 0 Å². The molecule has 0 radical (unpaired) electrons. The second-order valence-corrected chi connectivity index (χ2v) is 7.79. The van der Waals surface area contributed by atoms with E-state index in [1.807, 2.05) is 37.3 Å². The van der Waals surface area contributed by atoms with Crippen molar-refractivity contribution in [2.45, 2.75) is 31.2 Å². The molecule has 0 bridgehead atoms. The summed E-state index contributed by atoms with van der Waals surface area (Å²) in [4.78, 5) is 24.9. The van der Waals surface area contributed by atoms with Gasteiger partial charge in [0.25, 0.3) is 5.91 Å². The van der Waals surface area contributed by atoms with E-state index in [-0.39, 0.29) is 24.5 Å². The minimum absolute atomic E-state index is 0.261. The molecule has 1 unspecified atom stereocenters. The zero-order valence-electron chi connectivity index (χ0n) is 16.1. The van der Waals surface area contributed by atoms with Crippen LogP contribution in [0.15, 0.2) is 42.5 Å². The van der Waals surface area contributed by atoms with Gasteiger partial charge in [0.1, 0.15) is 13.2 Å². The highest BCUT2D eigenvalue weighted by molar-refractivity contribution is 6.30. The topological polar surface area (TPSA) is 73.9 Å². The normalized spacial score (nSPS) is 17.2. The van der Waals surface area contributed by atoms with Crippen molar-refractivity contribution in [3.05, 3.63) is 58.6 Å². The lowest BCUT2D eigenvalue weighted by molar-refractivity contribution is -0.151. The molecule has 1 N–H and O–H groups in total. The lowest BCUT2D eigenvalue weighted by atomic mass is 9.96. The summed E-state index contributed by atoms with van der Waals surface area (Å²) in [7, 11) is 0. The summed E-state index contributed by atoms with van der Waals surface area (Å²) in [6.45, 7) is 2.58. The molecule has 1 fully saturated rings. The molecule has 1 atom stereocenters. The molecule has 0 saturated heterocycles. The van der Waals surface area contributed by atoms with E-state index in [9.17, 15) is 9.59 Å². The molecule has 0 spiro atoms. The van der Waals surface area contributed by atoms with Crippen molar-refractivity contribution >= 4 is 23.5 Å². The summed E-state index contributed by atoms with van der Waals surface area (Å²) in [5.41, 5.74) is 1.11. The second kappa shape index (κ2) is 7.95. The van der Waals surface area contributed by atoms with Crippen LogP contribution in [0.2, 0.25) is 5.02 Å². The van der Waals surface area contributed by atoms with Gasteiger partial charge in [0.15, 0.2) is 18.1 Å². The van der Waals surface area contributed by atoms with E-state index in [0.29, 0.717) is 42.6 Å². The number of fused-ring (bicyclic) bond motifs is 1. The minimum Gasteiger partial charge on any atom is -0.486 e. The molecule has 2 aliphatic rings. The monoisotopic (exact) mass is 415 g/mol. The number of hydrogen-bond acceptors (Lipinski definition) is 5. The zero-order valence-corrected chi connectivity index (χ0v) is 16.8. The highest BCUT2D eigenvalue weighted by atomic mass is 35.5. The fraction of sp³-hybridized carbons (Fsp3) is 0.364. The maximum absolute atomic E-state index is 12.6. The molecule has 0 aromatic heterocycles. The maximum atomic E-state index is 12.6. The molecule has 6 nitrogen and oxygen atoms in total. The van der Waals surface area contributed by atoms with E-state index < -0.39 is 5.41 Å². The Morgan fingerprint density at radius 1 is 1.10 bits per heavy atom. The summed E-state index contributed by atoms with van der Waals surface area (Å²) >= 11 is 5.92. The van der Waals surface area contributed by atoms with E-state index in [4.69, 9.17) is 25.8 Å². The van der Waals surface area contributed by atoms with E-state index in [1.165, 1.54) is 0 Å². The molecule has 7 heteroatoms. The predicted octanol–water partition coefficient (Wildman–Crippen LogP) is 3.56. The molecule has 2 aromatic carbocycles. The molecule has 152 valence electrons. The number of hydrogen-bond donors (Lipinski definition) is 1. The van der Waals surface area contributed by atoms with E-state index in [2.05, 4.69) is 5.32 Å². The summed E-state index contributed by atoms with van der Waals surface area (Å²) in [6.07, 6.45) is 1.42. The number of benzene rings is 2. The molecular weight excluding hydrogens is 394 g/mol. The Morgan fingerprint density at radius 2 is 1.79 bits per heavy atom. The number of halogens is 1. The quantitative estimate of drug-likeness (QED) is 0.730. The van der Waals surface area contributed by atoms with Crippen LogP contribution in [0.5, 0.6) is 11.5 Å². The molecule has 1 aliphatic heterocycles. The SMILES string of the molecule is CC(NC(=O)COC(=O)C1(c2ccc(Cl)cc2)CC1)c1ccc2c(c1)OCCO2. The van der Waals surface area contributed by atoms with Crippen LogP contribution in [0.1, 0.15) is 36.9 Å². The lowest BCUT2D eigenvalue weighted by Crippen LogP contribution is -2.33. The third-order valence-electron chi connectivity index (χ3n) is 5.32. The number of nitrogens with one attached hydrogen (secondary N) is 1. The number of esters is 1. The first-order valence-corrected chi connectivity index (χ1v) is 9.98. The first-order chi connectivity index (χ1) is 14.0. The standard InChI is InChI=1S/C22H22ClNO5/c1-14(15-2-7-18-19(12-15)28-11-10-27-18)24-20(25)13-29-21(26)22(8-9-22)16-3-5-17(23)6-4-16/h2-7,12,14H,8-11,13H2,1H3,(H,24,25). The second-order valence-electron chi connectivity index (χ2n) is 7.36. The van der Waals surface area contributed by atoms with Gasteiger partial charge in [-0.2, -0.15) is 0 Å². The number of amides is 1. The van der Waals surface area contributed by atoms with Gasteiger partial charge in [-0.05, 0) is 55.2 Å². The number of ether oxygens (including phenoxy) is 3. The van der Waals surface area contributed by atoms with Crippen LogP contribution in [-0.4, -0.2) is 31.7 Å². The molecule has 29 heavy (non-hydrogen) atoms. The van der Waals surface area contributed by atoms with Gasteiger partial charge in [-0.15, -0.1) is 0 Å². The van der Waals surface area contributed by atoms with Gasteiger partial charge in [-0.1, -0.05) is 29.8 Å². The zero-order chi connectivity index (χ0) is 20.4. The third-order valence-corrected chi connectivity index (χ3v) is 5.57. The van der Waals surface area contributed by atoms with Crippen molar-refractivity contribution in [2.24, 2.45) is 0 Å². The van der Waals surface area contributed by atoms with Crippen LogP contribution in [0, 0.1) is 0 Å². The fourth-order valence-corrected chi connectivity index (χ4v) is 3.60. The minimum atomic E-state index is -0.647. The molecular formula is C22H22ClNO5. The lowest BCUT2D eigenvalue weighted by Gasteiger charge is -2.21. The Hall–Kier alpha value is -2.73. The van der Waals surface area contributed by atoms with E-state index in [0.717, 1.165) is 11.1 Å². The Labute approximate surface area is 174 Å².